The van der Waals surface area contributed by atoms with E-state index < -0.39 is 11.4 Å². The zero-order valence-corrected chi connectivity index (χ0v) is 28.4. The van der Waals surface area contributed by atoms with E-state index in [1.165, 1.54) is 37.7 Å². The SMILES string of the molecule is CCCCCCCCO[C@H]1CC[C@@]2(C)C(CC[C@]3(C)[C@@H]2C(=O)C=C2[C@H]4C[C@@](C)(C(=O)O)CC[C@]4(C)CC[C@]23C)C1(C)C. The average molecular weight is 583 g/mol. The molecule has 238 valence electrons. The van der Waals surface area contributed by atoms with Crippen LogP contribution in [-0.4, -0.2) is 29.6 Å². The molecule has 4 nitrogen and oxygen atoms in total. The Labute approximate surface area is 257 Å². The summed E-state index contributed by atoms with van der Waals surface area (Å²) in [7, 11) is 0. The Kier molecular flexibility index (Phi) is 8.46. The molecule has 0 heterocycles. The lowest BCUT2D eigenvalue weighted by Crippen LogP contribution is -2.66. The van der Waals surface area contributed by atoms with Gasteiger partial charge in [0.1, 0.15) is 0 Å². The van der Waals surface area contributed by atoms with Crippen molar-refractivity contribution in [2.45, 2.75) is 158 Å². The number of ketones is 1. The van der Waals surface area contributed by atoms with E-state index in [-0.39, 0.29) is 45.0 Å². The maximum atomic E-state index is 14.6. The molecular weight excluding hydrogens is 520 g/mol. The number of ether oxygens (including phenoxy) is 1. The van der Waals surface area contributed by atoms with Crippen LogP contribution in [0.3, 0.4) is 0 Å². The molecule has 5 aliphatic rings. The van der Waals surface area contributed by atoms with Gasteiger partial charge in [-0.25, -0.2) is 0 Å². The summed E-state index contributed by atoms with van der Waals surface area (Å²) in [5.74, 6) is 0.337. The Balaban J connectivity index is 1.40. The number of allylic oxidation sites excluding steroid dienone is 2. The van der Waals surface area contributed by atoms with Crippen molar-refractivity contribution in [1.82, 2.24) is 0 Å². The number of unbranched alkanes of at least 4 members (excludes halogenated alkanes) is 5. The number of carboxylic acid groups (broad SMARTS) is 1. The van der Waals surface area contributed by atoms with Crippen molar-refractivity contribution in [3.63, 3.8) is 0 Å². The third-order valence-electron chi connectivity index (χ3n) is 14.8. The largest absolute Gasteiger partial charge is 0.481 e. The quantitative estimate of drug-likeness (QED) is 0.275. The zero-order valence-electron chi connectivity index (χ0n) is 28.4. The van der Waals surface area contributed by atoms with Gasteiger partial charge in [0, 0.05) is 12.5 Å². The Bertz CT molecular complexity index is 1090. The molecule has 0 radical (unpaired) electrons. The van der Waals surface area contributed by atoms with E-state index >= 15 is 0 Å². The van der Waals surface area contributed by atoms with Gasteiger partial charge in [-0.1, -0.05) is 86.1 Å². The molecule has 0 saturated heterocycles. The predicted octanol–water partition coefficient (Wildman–Crippen LogP) is 9.80. The lowest BCUT2D eigenvalue weighted by Gasteiger charge is -2.70. The highest BCUT2D eigenvalue weighted by Crippen LogP contribution is 2.75. The molecule has 5 aliphatic carbocycles. The second-order valence-electron chi connectivity index (χ2n) is 17.5. The monoisotopic (exact) mass is 582 g/mol. The minimum Gasteiger partial charge on any atom is -0.481 e. The molecule has 42 heavy (non-hydrogen) atoms. The van der Waals surface area contributed by atoms with Crippen molar-refractivity contribution in [1.29, 1.82) is 0 Å². The summed E-state index contributed by atoms with van der Waals surface area (Å²) in [6.07, 6.45) is 19.0. The third-order valence-corrected chi connectivity index (χ3v) is 14.8. The number of hydrogen-bond donors (Lipinski definition) is 1. The Hall–Kier alpha value is -1.16. The van der Waals surface area contributed by atoms with Gasteiger partial charge in [0.05, 0.1) is 11.5 Å². The topological polar surface area (TPSA) is 63.6 Å². The molecule has 1 unspecified atom stereocenters. The molecule has 0 aromatic carbocycles. The van der Waals surface area contributed by atoms with Crippen molar-refractivity contribution in [3.05, 3.63) is 11.6 Å². The van der Waals surface area contributed by atoms with Crippen LogP contribution in [-0.2, 0) is 14.3 Å². The van der Waals surface area contributed by atoms with E-state index in [9.17, 15) is 14.7 Å². The number of aliphatic carboxylic acids is 1. The van der Waals surface area contributed by atoms with Gasteiger partial charge in [-0.2, -0.15) is 0 Å². The lowest BCUT2D eigenvalue weighted by molar-refractivity contribution is -0.209. The van der Waals surface area contributed by atoms with Crippen LogP contribution < -0.4 is 0 Å². The van der Waals surface area contributed by atoms with E-state index in [4.69, 9.17) is 4.74 Å². The number of hydrogen-bond acceptors (Lipinski definition) is 3. The standard InChI is InChI=1S/C38H62O4/c1-9-10-11-12-13-14-23-42-30-16-17-36(6)29(33(30,2)3)15-18-38(8)31(36)28(39)24-26-27-25-35(5,32(40)41)20-19-34(27,4)21-22-37(26,38)7/h24,27,29-31H,9-23,25H2,1-8H3,(H,40,41)/t27-,29?,30+,31-,34-,35+,36+,37-,38-/m1/s1. The van der Waals surface area contributed by atoms with Gasteiger partial charge in [0.25, 0.3) is 0 Å². The molecule has 0 amide bonds. The Morgan fingerprint density at radius 2 is 1.55 bits per heavy atom. The van der Waals surface area contributed by atoms with Gasteiger partial charge < -0.3 is 9.84 Å². The van der Waals surface area contributed by atoms with E-state index in [1.807, 2.05) is 6.92 Å². The summed E-state index contributed by atoms with van der Waals surface area (Å²) in [6, 6.07) is 0. The first-order valence-corrected chi connectivity index (χ1v) is 17.7. The highest BCUT2D eigenvalue weighted by atomic mass is 16.5. The fraction of sp³-hybridized carbons (Fsp3) is 0.895. The van der Waals surface area contributed by atoms with Gasteiger partial charge in [-0.05, 0) is 116 Å². The maximum Gasteiger partial charge on any atom is 0.309 e. The summed E-state index contributed by atoms with van der Waals surface area (Å²) in [6.45, 7) is 19.7. The van der Waals surface area contributed by atoms with E-state index in [0.717, 1.165) is 64.4 Å². The average Bonchev–Trinajstić information content (AvgIpc) is 2.91. The summed E-state index contributed by atoms with van der Waals surface area (Å²) < 4.78 is 6.66. The van der Waals surface area contributed by atoms with Crippen LogP contribution in [0, 0.1) is 50.2 Å². The molecule has 0 spiro atoms. The summed E-state index contributed by atoms with van der Waals surface area (Å²) in [5, 5.41) is 10.2. The van der Waals surface area contributed by atoms with Crippen LogP contribution in [0.5, 0.6) is 0 Å². The second kappa shape index (κ2) is 11.0. The predicted molar refractivity (Wildman–Crippen MR) is 170 cm³/mol. The normalized spacial score (nSPS) is 46.1. The fourth-order valence-electron chi connectivity index (χ4n) is 11.8. The van der Waals surface area contributed by atoms with Crippen molar-refractivity contribution in [2.24, 2.45) is 50.2 Å². The summed E-state index contributed by atoms with van der Waals surface area (Å²) in [5.41, 5.74) is 0.547. The van der Waals surface area contributed by atoms with Gasteiger partial charge >= 0.3 is 5.97 Å². The van der Waals surface area contributed by atoms with Crippen molar-refractivity contribution in [2.75, 3.05) is 6.61 Å². The molecule has 0 aliphatic heterocycles. The molecular formula is C38H62O4. The van der Waals surface area contributed by atoms with Crippen LogP contribution in [0.25, 0.3) is 0 Å². The van der Waals surface area contributed by atoms with Crippen LogP contribution in [0.15, 0.2) is 11.6 Å². The van der Waals surface area contributed by atoms with Gasteiger partial charge in [0.15, 0.2) is 5.78 Å². The molecule has 9 atom stereocenters. The summed E-state index contributed by atoms with van der Waals surface area (Å²) in [4.78, 5) is 26.9. The number of carboxylic acids is 1. The minimum absolute atomic E-state index is 0.0232. The smallest absolute Gasteiger partial charge is 0.309 e. The van der Waals surface area contributed by atoms with Gasteiger partial charge in [-0.15, -0.1) is 0 Å². The minimum atomic E-state index is -0.703. The fourth-order valence-corrected chi connectivity index (χ4v) is 11.8. The van der Waals surface area contributed by atoms with E-state index in [0.29, 0.717) is 18.1 Å². The Morgan fingerprint density at radius 3 is 2.24 bits per heavy atom. The first-order valence-electron chi connectivity index (χ1n) is 17.7. The first-order chi connectivity index (χ1) is 19.6. The highest BCUT2D eigenvalue weighted by Gasteiger charge is 2.70. The van der Waals surface area contributed by atoms with Crippen LogP contribution in [0.4, 0.5) is 0 Å². The van der Waals surface area contributed by atoms with Crippen molar-refractivity contribution in [3.8, 4) is 0 Å². The molecule has 4 fully saturated rings. The van der Waals surface area contributed by atoms with Crippen molar-refractivity contribution < 1.29 is 19.4 Å². The van der Waals surface area contributed by atoms with Gasteiger partial charge in [0.2, 0.25) is 0 Å². The second-order valence-corrected chi connectivity index (χ2v) is 17.5. The number of fused-ring (bicyclic) bond motifs is 7. The van der Waals surface area contributed by atoms with E-state index in [1.54, 1.807) is 0 Å². The molecule has 0 aromatic rings. The number of rotatable bonds is 9. The van der Waals surface area contributed by atoms with E-state index in [2.05, 4.69) is 54.5 Å². The first kappa shape index (κ1) is 32.2. The maximum absolute atomic E-state index is 14.6. The number of carbonyl (C=O) groups excluding carboxylic acids is 1. The van der Waals surface area contributed by atoms with Crippen LogP contribution in [0.1, 0.15) is 152 Å². The third kappa shape index (κ3) is 4.78. The number of carbonyl (C=O) groups is 2. The van der Waals surface area contributed by atoms with Crippen molar-refractivity contribution >= 4 is 11.8 Å². The highest BCUT2D eigenvalue weighted by molar-refractivity contribution is 5.95. The molecule has 5 rings (SSSR count). The zero-order chi connectivity index (χ0) is 30.8. The lowest BCUT2D eigenvalue weighted by atomic mass is 9.33. The molecule has 0 bridgehead atoms. The van der Waals surface area contributed by atoms with Crippen LogP contribution in [0.2, 0.25) is 0 Å². The molecule has 4 heteroatoms. The molecule has 0 aromatic heterocycles. The summed E-state index contributed by atoms with van der Waals surface area (Å²) >= 11 is 0. The molecule has 1 N–H and O–H groups in total. The molecule has 4 saturated carbocycles. The van der Waals surface area contributed by atoms with Crippen LogP contribution >= 0.6 is 0 Å². The Morgan fingerprint density at radius 1 is 0.881 bits per heavy atom. The van der Waals surface area contributed by atoms with Gasteiger partial charge in [-0.3, -0.25) is 9.59 Å².